The summed E-state index contributed by atoms with van der Waals surface area (Å²) in [6, 6.07) is 2.40. The van der Waals surface area contributed by atoms with Gasteiger partial charge in [0.2, 0.25) is 0 Å². The highest BCUT2D eigenvalue weighted by Gasteiger charge is 2.33. The van der Waals surface area contributed by atoms with Crippen molar-refractivity contribution >= 4 is 6.03 Å². The molecule has 1 aliphatic carbocycles. The number of rotatable bonds is 3. The van der Waals surface area contributed by atoms with Crippen LogP contribution < -0.4 is 5.32 Å². The summed E-state index contributed by atoms with van der Waals surface area (Å²) in [6.45, 7) is 6.42. The summed E-state index contributed by atoms with van der Waals surface area (Å²) in [5, 5.41) is 11.5. The van der Waals surface area contributed by atoms with E-state index in [2.05, 4.69) is 11.4 Å². The van der Waals surface area contributed by atoms with E-state index in [1.54, 1.807) is 4.90 Å². The van der Waals surface area contributed by atoms with Gasteiger partial charge in [0.1, 0.15) is 0 Å². The molecule has 2 amide bonds. The number of hydrogen-bond donors (Lipinski definition) is 1. The molecule has 1 fully saturated rings. The second-order valence-electron chi connectivity index (χ2n) is 5.01. The fraction of sp³-hybridized carbons (Fsp3) is 0.818. The third-order valence-electron chi connectivity index (χ3n) is 2.19. The lowest BCUT2D eigenvalue weighted by Gasteiger charge is -2.27. The van der Waals surface area contributed by atoms with Gasteiger partial charge in [0.05, 0.1) is 12.5 Å². The van der Waals surface area contributed by atoms with Gasteiger partial charge in [0.25, 0.3) is 0 Å². The van der Waals surface area contributed by atoms with Gasteiger partial charge < -0.3 is 10.2 Å². The summed E-state index contributed by atoms with van der Waals surface area (Å²) in [7, 11) is 0. The van der Waals surface area contributed by atoms with Crippen molar-refractivity contribution in [1.29, 1.82) is 5.26 Å². The molecule has 4 nitrogen and oxygen atoms in total. The first-order chi connectivity index (χ1) is 6.94. The van der Waals surface area contributed by atoms with E-state index in [-0.39, 0.29) is 11.6 Å². The lowest BCUT2D eigenvalue weighted by molar-refractivity contribution is 0.187. The zero-order valence-corrected chi connectivity index (χ0v) is 9.71. The van der Waals surface area contributed by atoms with Gasteiger partial charge >= 0.3 is 6.03 Å². The molecular weight excluding hydrogens is 190 g/mol. The molecule has 0 bridgehead atoms. The van der Waals surface area contributed by atoms with Crippen molar-refractivity contribution in [1.82, 2.24) is 10.2 Å². The van der Waals surface area contributed by atoms with E-state index in [1.807, 2.05) is 20.8 Å². The monoisotopic (exact) mass is 209 g/mol. The Hall–Kier alpha value is -1.24. The summed E-state index contributed by atoms with van der Waals surface area (Å²) >= 11 is 0. The van der Waals surface area contributed by atoms with E-state index in [1.165, 1.54) is 0 Å². The van der Waals surface area contributed by atoms with Crippen LogP contribution in [0.2, 0.25) is 0 Å². The quantitative estimate of drug-likeness (QED) is 0.771. The molecule has 1 saturated carbocycles. The van der Waals surface area contributed by atoms with E-state index in [0.717, 1.165) is 12.8 Å². The van der Waals surface area contributed by atoms with Crippen molar-refractivity contribution in [3.63, 3.8) is 0 Å². The minimum atomic E-state index is -0.211. The molecule has 0 unspecified atom stereocenters. The molecule has 0 aromatic heterocycles. The third-order valence-corrected chi connectivity index (χ3v) is 2.19. The fourth-order valence-corrected chi connectivity index (χ4v) is 1.40. The molecular formula is C11H19N3O. The van der Waals surface area contributed by atoms with E-state index in [4.69, 9.17) is 5.26 Å². The average Bonchev–Trinajstić information content (AvgIpc) is 2.85. The molecule has 0 spiro atoms. The highest BCUT2D eigenvalue weighted by atomic mass is 16.2. The van der Waals surface area contributed by atoms with E-state index in [9.17, 15) is 4.79 Å². The highest BCUT2D eigenvalue weighted by Crippen LogP contribution is 2.27. The number of nitriles is 1. The van der Waals surface area contributed by atoms with Gasteiger partial charge in [-0.05, 0) is 33.6 Å². The summed E-state index contributed by atoms with van der Waals surface area (Å²) in [4.78, 5) is 13.6. The van der Waals surface area contributed by atoms with Crippen LogP contribution in [0, 0.1) is 11.3 Å². The molecule has 0 radical (unpaired) electrons. The number of nitrogens with zero attached hydrogens (tertiary/aromatic N) is 2. The number of urea groups is 1. The number of hydrogen-bond acceptors (Lipinski definition) is 2. The van der Waals surface area contributed by atoms with E-state index in [0.29, 0.717) is 19.0 Å². The maximum absolute atomic E-state index is 11.9. The Labute approximate surface area is 91.2 Å². The molecule has 0 heterocycles. The van der Waals surface area contributed by atoms with Crippen LogP contribution in [0.15, 0.2) is 0 Å². The predicted octanol–water partition coefficient (Wildman–Crippen LogP) is 1.87. The van der Waals surface area contributed by atoms with Crippen molar-refractivity contribution in [3.05, 3.63) is 0 Å². The van der Waals surface area contributed by atoms with Gasteiger partial charge in [-0.15, -0.1) is 0 Å². The Morgan fingerprint density at radius 2 is 2.13 bits per heavy atom. The fourth-order valence-electron chi connectivity index (χ4n) is 1.40. The molecule has 0 saturated heterocycles. The molecule has 1 rings (SSSR count). The summed E-state index contributed by atoms with van der Waals surface area (Å²) in [5.74, 6) is 0. The Kier molecular flexibility index (Phi) is 3.57. The molecule has 84 valence electrons. The third kappa shape index (κ3) is 4.20. The van der Waals surface area contributed by atoms with Crippen LogP contribution in [-0.4, -0.2) is 29.1 Å². The molecule has 4 heteroatoms. The van der Waals surface area contributed by atoms with Crippen molar-refractivity contribution in [2.45, 2.75) is 51.6 Å². The molecule has 0 atom stereocenters. The Bertz CT molecular complexity index is 271. The van der Waals surface area contributed by atoms with Gasteiger partial charge in [-0.1, -0.05) is 0 Å². The first-order valence-electron chi connectivity index (χ1n) is 5.40. The standard InChI is InChI=1S/C11H19N3O/c1-11(2,3)13-10(15)14(8-4-7-12)9-5-6-9/h9H,4-6,8H2,1-3H3,(H,13,15). The van der Waals surface area contributed by atoms with Crippen LogP contribution >= 0.6 is 0 Å². The van der Waals surface area contributed by atoms with Gasteiger partial charge in [-0.25, -0.2) is 4.79 Å². The minimum absolute atomic E-state index is 0.0414. The Morgan fingerprint density at radius 1 is 1.53 bits per heavy atom. The smallest absolute Gasteiger partial charge is 0.318 e. The van der Waals surface area contributed by atoms with Crippen LogP contribution in [0.5, 0.6) is 0 Å². The van der Waals surface area contributed by atoms with Crippen molar-refractivity contribution in [3.8, 4) is 6.07 Å². The lowest BCUT2D eigenvalue weighted by atomic mass is 10.1. The first-order valence-corrected chi connectivity index (χ1v) is 5.40. The minimum Gasteiger partial charge on any atom is -0.333 e. The molecule has 0 aromatic carbocycles. The first kappa shape index (κ1) is 11.8. The largest absolute Gasteiger partial charge is 0.333 e. The Balaban J connectivity index is 2.48. The van der Waals surface area contributed by atoms with E-state index >= 15 is 0 Å². The SMILES string of the molecule is CC(C)(C)NC(=O)N(CCC#N)C1CC1. The zero-order chi connectivity index (χ0) is 11.5. The highest BCUT2D eigenvalue weighted by molar-refractivity contribution is 5.75. The van der Waals surface area contributed by atoms with Crippen molar-refractivity contribution < 1.29 is 4.79 Å². The van der Waals surface area contributed by atoms with Crippen LogP contribution in [0.4, 0.5) is 4.79 Å². The molecule has 15 heavy (non-hydrogen) atoms. The lowest BCUT2D eigenvalue weighted by Crippen LogP contribution is -2.49. The van der Waals surface area contributed by atoms with Crippen LogP contribution in [0.25, 0.3) is 0 Å². The van der Waals surface area contributed by atoms with Crippen LogP contribution in [0.1, 0.15) is 40.0 Å². The van der Waals surface area contributed by atoms with Crippen LogP contribution in [0.3, 0.4) is 0 Å². The second-order valence-corrected chi connectivity index (χ2v) is 5.01. The van der Waals surface area contributed by atoms with Crippen molar-refractivity contribution in [2.75, 3.05) is 6.54 Å². The number of carbonyl (C=O) groups excluding carboxylic acids is 1. The van der Waals surface area contributed by atoms with Crippen molar-refractivity contribution in [2.24, 2.45) is 0 Å². The summed E-state index contributed by atoms with van der Waals surface area (Å²) in [5.41, 5.74) is -0.211. The molecule has 1 aliphatic rings. The maximum atomic E-state index is 11.9. The number of carbonyl (C=O) groups is 1. The van der Waals surface area contributed by atoms with E-state index < -0.39 is 0 Å². The molecule has 0 aliphatic heterocycles. The van der Waals surface area contributed by atoms with Gasteiger partial charge in [-0.2, -0.15) is 5.26 Å². The zero-order valence-electron chi connectivity index (χ0n) is 9.71. The summed E-state index contributed by atoms with van der Waals surface area (Å²) < 4.78 is 0. The predicted molar refractivity (Wildman–Crippen MR) is 58.2 cm³/mol. The Morgan fingerprint density at radius 3 is 2.53 bits per heavy atom. The topological polar surface area (TPSA) is 56.1 Å². The summed E-state index contributed by atoms with van der Waals surface area (Å²) in [6.07, 6.45) is 2.56. The second kappa shape index (κ2) is 4.52. The molecule has 0 aromatic rings. The van der Waals surface area contributed by atoms with Gasteiger partial charge in [-0.3, -0.25) is 0 Å². The average molecular weight is 209 g/mol. The number of amides is 2. The van der Waals surface area contributed by atoms with Crippen LogP contribution in [-0.2, 0) is 0 Å². The van der Waals surface area contributed by atoms with Gasteiger partial charge in [0, 0.05) is 18.1 Å². The maximum Gasteiger partial charge on any atom is 0.318 e. The normalized spacial score (nSPS) is 15.6. The van der Waals surface area contributed by atoms with Gasteiger partial charge in [0.15, 0.2) is 0 Å². The number of nitrogens with one attached hydrogen (secondary N) is 1. The molecule has 1 N–H and O–H groups in total.